The normalized spacial score (nSPS) is 13.4. The van der Waals surface area contributed by atoms with Crippen LogP contribution in [-0.2, 0) is 25.6 Å². The lowest BCUT2D eigenvalue weighted by atomic mass is 10.1. The summed E-state index contributed by atoms with van der Waals surface area (Å²) in [5, 5.41) is 2.68. The summed E-state index contributed by atoms with van der Waals surface area (Å²) in [6.07, 6.45) is 0.404. The van der Waals surface area contributed by atoms with Crippen LogP contribution in [0, 0.1) is 0 Å². The van der Waals surface area contributed by atoms with E-state index in [1.54, 1.807) is 26.8 Å². The van der Waals surface area contributed by atoms with E-state index in [1.165, 1.54) is 6.92 Å². The Hall–Kier alpha value is -2.34. The summed E-state index contributed by atoms with van der Waals surface area (Å²) in [6, 6.07) is 9.00. The van der Waals surface area contributed by atoms with Gasteiger partial charge in [0.15, 0.2) is 0 Å². The fourth-order valence-corrected chi connectivity index (χ4v) is 2.00. The first-order valence-corrected chi connectivity index (χ1v) is 8.12. The topological polar surface area (TPSA) is 73.9 Å². The van der Waals surface area contributed by atoms with Crippen LogP contribution < -0.4 is 5.32 Å². The average Bonchev–Trinajstić information content (AvgIpc) is 2.52. The van der Waals surface area contributed by atoms with Crippen LogP contribution in [0.3, 0.4) is 0 Å². The Morgan fingerprint density at radius 3 is 2.40 bits per heavy atom. The highest BCUT2D eigenvalue weighted by Gasteiger charge is 2.26. The van der Waals surface area contributed by atoms with Crippen LogP contribution in [0.1, 0.15) is 33.3 Å². The quantitative estimate of drug-likeness (QED) is 0.576. The van der Waals surface area contributed by atoms with Gasteiger partial charge in [0.1, 0.15) is 12.2 Å². The summed E-state index contributed by atoms with van der Waals surface area (Å²) < 4.78 is 16.1. The molecular formula is C19H27NO5. The minimum absolute atomic E-state index is 0.0416. The number of rotatable bonds is 8. The van der Waals surface area contributed by atoms with Crippen molar-refractivity contribution < 1.29 is 23.8 Å². The van der Waals surface area contributed by atoms with Crippen LogP contribution in [0.2, 0.25) is 0 Å². The molecule has 0 radical (unpaired) electrons. The molecule has 0 aromatic heterocycles. The predicted molar refractivity (Wildman–Crippen MR) is 95.0 cm³/mol. The van der Waals surface area contributed by atoms with Crippen LogP contribution in [0.5, 0.6) is 0 Å². The fraction of sp³-hybridized carbons (Fsp3) is 0.474. The van der Waals surface area contributed by atoms with E-state index in [0.29, 0.717) is 6.61 Å². The van der Waals surface area contributed by atoms with Crippen molar-refractivity contribution in [2.75, 3.05) is 6.61 Å². The van der Waals surface area contributed by atoms with Gasteiger partial charge in [-0.15, -0.1) is 6.58 Å². The van der Waals surface area contributed by atoms with E-state index in [4.69, 9.17) is 14.2 Å². The van der Waals surface area contributed by atoms with Gasteiger partial charge in [-0.3, -0.25) is 4.79 Å². The molecule has 1 N–H and O–H groups in total. The van der Waals surface area contributed by atoms with Gasteiger partial charge in [0.25, 0.3) is 0 Å². The van der Waals surface area contributed by atoms with Gasteiger partial charge in [-0.2, -0.15) is 0 Å². The molecule has 6 heteroatoms. The molecule has 1 rings (SSSR count). The van der Waals surface area contributed by atoms with Crippen molar-refractivity contribution >= 4 is 12.1 Å². The summed E-state index contributed by atoms with van der Waals surface area (Å²) in [7, 11) is 0. The largest absolute Gasteiger partial charge is 0.464 e. The molecule has 0 saturated heterocycles. The summed E-state index contributed by atoms with van der Waals surface area (Å²) in [5.74, 6) is -0.443. The number of amides is 1. The monoisotopic (exact) mass is 349 g/mol. The summed E-state index contributed by atoms with van der Waals surface area (Å²) >= 11 is 0. The molecule has 25 heavy (non-hydrogen) atoms. The maximum Gasteiger partial charge on any atom is 0.408 e. The van der Waals surface area contributed by atoms with Gasteiger partial charge < -0.3 is 19.5 Å². The van der Waals surface area contributed by atoms with Crippen molar-refractivity contribution in [3.63, 3.8) is 0 Å². The third kappa shape index (κ3) is 8.91. The molecule has 0 fully saturated rings. The van der Waals surface area contributed by atoms with E-state index < -0.39 is 29.8 Å². The lowest BCUT2D eigenvalue weighted by Crippen LogP contribution is -2.48. The van der Waals surface area contributed by atoms with Crippen LogP contribution in [0.15, 0.2) is 43.0 Å². The van der Waals surface area contributed by atoms with E-state index in [0.717, 1.165) is 5.56 Å². The Balaban J connectivity index is 2.74. The molecule has 0 bridgehead atoms. The van der Waals surface area contributed by atoms with Crippen molar-refractivity contribution in [1.29, 1.82) is 0 Å². The molecule has 0 spiro atoms. The average molecular weight is 349 g/mol. The highest BCUT2D eigenvalue weighted by atomic mass is 16.6. The Labute approximate surface area is 149 Å². The number of benzene rings is 1. The summed E-state index contributed by atoms with van der Waals surface area (Å²) in [4.78, 5) is 23.2. The molecule has 1 aromatic carbocycles. The first-order chi connectivity index (χ1) is 11.7. The lowest BCUT2D eigenvalue weighted by molar-refractivity contribution is -0.142. The van der Waals surface area contributed by atoms with Gasteiger partial charge in [-0.05, 0) is 26.3 Å². The molecule has 0 aliphatic carbocycles. The molecule has 0 aliphatic heterocycles. The van der Waals surface area contributed by atoms with E-state index in [2.05, 4.69) is 11.9 Å². The van der Waals surface area contributed by atoms with E-state index in [1.807, 2.05) is 30.3 Å². The van der Waals surface area contributed by atoms with E-state index in [-0.39, 0.29) is 6.61 Å². The van der Waals surface area contributed by atoms with Gasteiger partial charge in [-0.25, -0.2) is 4.79 Å². The Bertz CT molecular complexity index is 565. The lowest BCUT2D eigenvalue weighted by Gasteiger charge is -2.27. The highest BCUT2D eigenvalue weighted by molar-refractivity contribution is 5.68. The second-order valence-corrected chi connectivity index (χ2v) is 6.55. The van der Waals surface area contributed by atoms with Crippen molar-refractivity contribution in [2.24, 2.45) is 0 Å². The molecule has 1 amide bonds. The molecule has 0 heterocycles. The van der Waals surface area contributed by atoms with Crippen molar-refractivity contribution in [1.82, 2.24) is 5.32 Å². The number of carbonyl (C=O) groups is 2. The minimum Gasteiger partial charge on any atom is -0.464 e. The Morgan fingerprint density at radius 1 is 1.24 bits per heavy atom. The van der Waals surface area contributed by atoms with Gasteiger partial charge in [-0.1, -0.05) is 36.4 Å². The molecule has 1 aromatic rings. The second kappa shape index (κ2) is 9.84. The van der Waals surface area contributed by atoms with Gasteiger partial charge in [0, 0.05) is 6.92 Å². The molecule has 0 saturated carbocycles. The standard InChI is InChI=1S/C19H27NO5/c1-6-17(24-12-15-10-8-7-9-11-15)16(13-23-14(2)21)20-18(22)25-19(3,4)5/h6-11,16-17H,1,12-13H2,2-5H3,(H,20,22)/t16-,17-/m1/s1. The highest BCUT2D eigenvalue weighted by Crippen LogP contribution is 2.11. The number of alkyl carbamates (subject to hydrolysis) is 1. The zero-order chi connectivity index (χ0) is 18.9. The smallest absolute Gasteiger partial charge is 0.408 e. The Kier molecular flexibility index (Phi) is 8.15. The first-order valence-electron chi connectivity index (χ1n) is 8.12. The van der Waals surface area contributed by atoms with Crippen LogP contribution in [0.4, 0.5) is 4.79 Å². The summed E-state index contributed by atoms with van der Waals surface area (Å²) in [6.45, 7) is 10.7. The maximum absolute atomic E-state index is 12.0. The molecule has 6 nitrogen and oxygen atoms in total. The number of hydrogen-bond acceptors (Lipinski definition) is 5. The van der Waals surface area contributed by atoms with Gasteiger partial charge >= 0.3 is 12.1 Å². The van der Waals surface area contributed by atoms with Crippen molar-refractivity contribution in [3.05, 3.63) is 48.6 Å². The van der Waals surface area contributed by atoms with Crippen LogP contribution >= 0.6 is 0 Å². The van der Waals surface area contributed by atoms with Crippen LogP contribution in [0.25, 0.3) is 0 Å². The van der Waals surface area contributed by atoms with Crippen LogP contribution in [-0.4, -0.2) is 36.4 Å². The fourth-order valence-electron chi connectivity index (χ4n) is 2.00. The number of hydrogen-bond donors (Lipinski definition) is 1. The number of esters is 1. The van der Waals surface area contributed by atoms with Gasteiger partial charge in [0.05, 0.1) is 18.8 Å². The zero-order valence-electron chi connectivity index (χ0n) is 15.3. The van der Waals surface area contributed by atoms with E-state index >= 15 is 0 Å². The zero-order valence-corrected chi connectivity index (χ0v) is 15.3. The molecule has 0 aliphatic rings. The SMILES string of the molecule is C=C[C@@H](OCc1ccccc1)[C@@H](COC(C)=O)NC(=O)OC(C)(C)C. The number of ether oxygens (including phenoxy) is 3. The van der Waals surface area contributed by atoms with E-state index in [9.17, 15) is 9.59 Å². The molecule has 0 unspecified atom stereocenters. The van der Waals surface area contributed by atoms with Crippen molar-refractivity contribution in [3.8, 4) is 0 Å². The second-order valence-electron chi connectivity index (χ2n) is 6.55. The predicted octanol–water partition coefficient (Wildman–Crippen LogP) is 3.21. The Morgan fingerprint density at radius 2 is 1.88 bits per heavy atom. The third-order valence-corrected chi connectivity index (χ3v) is 3.08. The minimum atomic E-state index is -0.634. The van der Waals surface area contributed by atoms with Crippen molar-refractivity contribution in [2.45, 2.75) is 52.0 Å². The number of nitrogens with one attached hydrogen (secondary N) is 1. The first kappa shape index (κ1) is 20.7. The summed E-state index contributed by atoms with van der Waals surface area (Å²) in [5.41, 5.74) is 0.350. The molecule has 138 valence electrons. The molecular weight excluding hydrogens is 322 g/mol. The number of carbonyl (C=O) groups excluding carboxylic acids is 2. The molecule has 2 atom stereocenters. The third-order valence-electron chi connectivity index (χ3n) is 3.08. The maximum atomic E-state index is 12.0. The van der Waals surface area contributed by atoms with Gasteiger partial charge in [0.2, 0.25) is 0 Å².